The van der Waals surface area contributed by atoms with E-state index >= 15 is 0 Å². The molecule has 0 aliphatic carbocycles. The standard InChI is InChI=1S/C16H18ClNO/c1-12(14-4-3-5-15(17)10-14)18-11-13-6-8-16(19-2)9-7-13/h3-10,12,18H,11H2,1-2H3. The second-order valence-corrected chi connectivity index (χ2v) is 4.94. The van der Waals surface area contributed by atoms with Crippen molar-refractivity contribution in [3.05, 3.63) is 64.7 Å². The fraction of sp³-hybridized carbons (Fsp3) is 0.250. The molecule has 0 spiro atoms. The molecule has 0 aliphatic heterocycles. The first-order valence-electron chi connectivity index (χ1n) is 6.31. The van der Waals surface area contributed by atoms with E-state index in [4.69, 9.17) is 16.3 Å². The lowest BCUT2D eigenvalue weighted by Crippen LogP contribution is -2.17. The molecule has 0 aromatic heterocycles. The van der Waals surface area contributed by atoms with Crippen LogP contribution >= 0.6 is 11.6 Å². The first kappa shape index (κ1) is 13.9. The highest BCUT2D eigenvalue weighted by atomic mass is 35.5. The monoisotopic (exact) mass is 275 g/mol. The van der Waals surface area contributed by atoms with E-state index < -0.39 is 0 Å². The van der Waals surface area contributed by atoms with Gasteiger partial charge in [-0.3, -0.25) is 0 Å². The summed E-state index contributed by atoms with van der Waals surface area (Å²) in [6.45, 7) is 2.95. The molecule has 0 saturated heterocycles. The zero-order valence-electron chi connectivity index (χ0n) is 11.2. The highest BCUT2D eigenvalue weighted by Crippen LogP contribution is 2.18. The van der Waals surface area contributed by atoms with Gasteiger partial charge in [0.2, 0.25) is 0 Å². The third kappa shape index (κ3) is 3.98. The molecule has 2 nitrogen and oxygen atoms in total. The lowest BCUT2D eigenvalue weighted by atomic mass is 10.1. The Morgan fingerprint density at radius 2 is 1.89 bits per heavy atom. The summed E-state index contributed by atoms with van der Waals surface area (Å²) in [7, 11) is 1.68. The number of halogens is 1. The molecule has 0 heterocycles. The Kier molecular flexibility index (Phi) is 4.83. The maximum atomic E-state index is 6.00. The Morgan fingerprint density at radius 3 is 2.53 bits per heavy atom. The average molecular weight is 276 g/mol. The Labute approximate surface area is 119 Å². The Bertz CT molecular complexity index is 525. The summed E-state index contributed by atoms with van der Waals surface area (Å²) in [6, 6.07) is 16.3. The number of hydrogen-bond donors (Lipinski definition) is 1. The van der Waals surface area contributed by atoms with E-state index in [1.54, 1.807) is 7.11 Å². The lowest BCUT2D eigenvalue weighted by Gasteiger charge is -2.14. The molecular formula is C16H18ClNO. The second-order valence-electron chi connectivity index (χ2n) is 4.51. The molecule has 0 bridgehead atoms. The summed E-state index contributed by atoms with van der Waals surface area (Å²) in [6.07, 6.45) is 0. The van der Waals surface area contributed by atoms with Gasteiger partial charge in [-0.05, 0) is 42.3 Å². The number of benzene rings is 2. The third-order valence-corrected chi connectivity index (χ3v) is 3.36. The van der Waals surface area contributed by atoms with Gasteiger partial charge in [0, 0.05) is 17.6 Å². The number of methoxy groups -OCH3 is 1. The van der Waals surface area contributed by atoms with Crippen LogP contribution in [0.2, 0.25) is 5.02 Å². The fourth-order valence-electron chi connectivity index (χ4n) is 1.91. The normalized spacial score (nSPS) is 12.2. The number of ether oxygens (including phenoxy) is 1. The highest BCUT2D eigenvalue weighted by molar-refractivity contribution is 6.30. The zero-order chi connectivity index (χ0) is 13.7. The van der Waals surface area contributed by atoms with Gasteiger partial charge in [-0.15, -0.1) is 0 Å². The van der Waals surface area contributed by atoms with Crippen molar-refractivity contribution < 1.29 is 4.74 Å². The number of rotatable bonds is 5. The molecule has 1 unspecified atom stereocenters. The topological polar surface area (TPSA) is 21.3 Å². The predicted octanol–water partition coefficient (Wildman–Crippen LogP) is 4.20. The number of nitrogens with one attached hydrogen (secondary N) is 1. The van der Waals surface area contributed by atoms with Crippen molar-refractivity contribution in [3.63, 3.8) is 0 Å². The molecule has 2 rings (SSSR count). The summed E-state index contributed by atoms with van der Waals surface area (Å²) in [5, 5.41) is 4.25. The molecule has 0 saturated carbocycles. The zero-order valence-corrected chi connectivity index (χ0v) is 11.9. The molecule has 1 N–H and O–H groups in total. The van der Waals surface area contributed by atoms with Crippen molar-refractivity contribution >= 4 is 11.6 Å². The van der Waals surface area contributed by atoms with E-state index in [-0.39, 0.29) is 6.04 Å². The van der Waals surface area contributed by atoms with Gasteiger partial charge in [0.05, 0.1) is 7.11 Å². The molecule has 1 atom stereocenters. The van der Waals surface area contributed by atoms with Gasteiger partial charge in [0.15, 0.2) is 0 Å². The molecule has 0 radical (unpaired) electrons. The van der Waals surface area contributed by atoms with Gasteiger partial charge in [0.1, 0.15) is 5.75 Å². The molecule has 0 aliphatic rings. The summed E-state index contributed by atoms with van der Waals surface area (Å²) in [5.41, 5.74) is 2.43. The smallest absolute Gasteiger partial charge is 0.118 e. The maximum Gasteiger partial charge on any atom is 0.118 e. The minimum atomic E-state index is 0.265. The summed E-state index contributed by atoms with van der Waals surface area (Å²) >= 11 is 6.00. The summed E-state index contributed by atoms with van der Waals surface area (Å²) in [5.74, 6) is 0.881. The third-order valence-electron chi connectivity index (χ3n) is 3.12. The van der Waals surface area contributed by atoms with Crippen LogP contribution < -0.4 is 10.1 Å². The molecule has 0 fully saturated rings. The van der Waals surface area contributed by atoms with Crippen LogP contribution in [0.1, 0.15) is 24.1 Å². The largest absolute Gasteiger partial charge is 0.497 e. The molecule has 2 aromatic carbocycles. The van der Waals surface area contributed by atoms with Crippen LogP contribution in [0.4, 0.5) is 0 Å². The van der Waals surface area contributed by atoms with Crippen molar-refractivity contribution in [1.82, 2.24) is 5.32 Å². The van der Waals surface area contributed by atoms with Gasteiger partial charge in [0.25, 0.3) is 0 Å². The summed E-state index contributed by atoms with van der Waals surface area (Å²) < 4.78 is 5.14. The average Bonchev–Trinajstić information content (AvgIpc) is 2.45. The van der Waals surface area contributed by atoms with Crippen molar-refractivity contribution in [2.24, 2.45) is 0 Å². The van der Waals surface area contributed by atoms with Crippen LogP contribution in [0, 0.1) is 0 Å². The van der Waals surface area contributed by atoms with Crippen molar-refractivity contribution in [3.8, 4) is 5.75 Å². The lowest BCUT2D eigenvalue weighted by molar-refractivity contribution is 0.414. The molecule has 3 heteroatoms. The Hall–Kier alpha value is -1.51. The van der Waals surface area contributed by atoms with Gasteiger partial charge < -0.3 is 10.1 Å². The van der Waals surface area contributed by atoms with Gasteiger partial charge in [-0.2, -0.15) is 0 Å². The maximum absolute atomic E-state index is 6.00. The van der Waals surface area contributed by atoms with E-state index in [9.17, 15) is 0 Å². The van der Waals surface area contributed by atoms with Crippen molar-refractivity contribution in [2.45, 2.75) is 19.5 Å². The van der Waals surface area contributed by atoms with Crippen molar-refractivity contribution in [1.29, 1.82) is 0 Å². The van der Waals surface area contributed by atoms with E-state index in [0.29, 0.717) is 0 Å². The quantitative estimate of drug-likeness (QED) is 0.883. The van der Waals surface area contributed by atoms with Crippen molar-refractivity contribution in [2.75, 3.05) is 7.11 Å². The first-order valence-corrected chi connectivity index (χ1v) is 6.68. The van der Waals surface area contributed by atoms with Gasteiger partial charge in [-0.25, -0.2) is 0 Å². The van der Waals surface area contributed by atoms with Gasteiger partial charge in [-0.1, -0.05) is 35.9 Å². The Morgan fingerprint density at radius 1 is 1.16 bits per heavy atom. The van der Waals surface area contributed by atoms with Gasteiger partial charge >= 0.3 is 0 Å². The SMILES string of the molecule is COc1ccc(CNC(C)c2cccc(Cl)c2)cc1. The fourth-order valence-corrected chi connectivity index (χ4v) is 2.11. The Balaban J connectivity index is 1.94. The van der Waals surface area contributed by atoms with Crippen LogP contribution in [-0.4, -0.2) is 7.11 Å². The van der Waals surface area contributed by atoms with Crippen LogP contribution in [-0.2, 0) is 6.54 Å². The minimum Gasteiger partial charge on any atom is -0.497 e. The molecule has 19 heavy (non-hydrogen) atoms. The van der Waals surface area contributed by atoms with Crippen LogP contribution in [0.3, 0.4) is 0 Å². The molecular weight excluding hydrogens is 258 g/mol. The molecule has 0 amide bonds. The van der Waals surface area contributed by atoms with E-state index in [2.05, 4.69) is 30.4 Å². The highest BCUT2D eigenvalue weighted by Gasteiger charge is 2.05. The molecule has 100 valence electrons. The second kappa shape index (κ2) is 6.60. The minimum absolute atomic E-state index is 0.265. The number of hydrogen-bond acceptors (Lipinski definition) is 2. The van der Waals surface area contributed by atoms with Crippen LogP contribution in [0.15, 0.2) is 48.5 Å². The first-order chi connectivity index (χ1) is 9.19. The van der Waals surface area contributed by atoms with Crippen LogP contribution in [0.5, 0.6) is 5.75 Å². The predicted molar refractivity (Wildman–Crippen MR) is 79.7 cm³/mol. The van der Waals surface area contributed by atoms with E-state index in [1.165, 1.54) is 11.1 Å². The summed E-state index contributed by atoms with van der Waals surface area (Å²) in [4.78, 5) is 0. The molecule has 2 aromatic rings. The van der Waals surface area contributed by atoms with E-state index in [0.717, 1.165) is 17.3 Å². The van der Waals surface area contributed by atoms with E-state index in [1.807, 2.05) is 30.3 Å². The van der Waals surface area contributed by atoms with Crippen LogP contribution in [0.25, 0.3) is 0 Å².